The fourth-order valence-corrected chi connectivity index (χ4v) is 1.75. The molecule has 4 nitrogen and oxygen atoms in total. The molecule has 1 fully saturated rings. The molecule has 1 aliphatic rings. The van der Waals surface area contributed by atoms with Crippen LogP contribution in [0.4, 0.5) is 6.01 Å². The molecule has 0 radical (unpaired) electrons. The van der Waals surface area contributed by atoms with Crippen molar-refractivity contribution < 1.29 is 4.42 Å². The highest BCUT2D eigenvalue weighted by Crippen LogP contribution is 2.32. The van der Waals surface area contributed by atoms with Gasteiger partial charge in [0.05, 0.1) is 0 Å². The van der Waals surface area contributed by atoms with Crippen molar-refractivity contribution >= 4 is 17.6 Å². The van der Waals surface area contributed by atoms with E-state index in [0.717, 1.165) is 6.54 Å². The number of anilines is 1. The fraction of sp³-hybridized carbons (Fsp3) is 0.818. The normalized spacial score (nSPS) is 17.8. The van der Waals surface area contributed by atoms with E-state index in [4.69, 9.17) is 16.0 Å². The van der Waals surface area contributed by atoms with Crippen LogP contribution in [0.1, 0.15) is 44.9 Å². The van der Waals surface area contributed by atoms with E-state index in [1.54, 1.807) is 0 Å². The molecule has 0 amide bonds. The topological polar surface area (TPSA) is 42.2 Å². The van der Waals surface area contributed by atoms with E-state index in [2.05, 4.69) is 28.9 Å². The van der Waals surface area contributed by atoms with Crippen LogP contribution in [0.5, 0.6) is 0 Å². The minimum atomic E-state index is -0.221. The molecule has 1 aromatic heterocycles. The SMILES string of the molecule is CC(C)CN(c1nnc(C(C)Cl)o1)C1CC1. The first-order chi connectivity index (χ1) is 7.58. The molecule has 0 saturated heterocycles. The Labute approximate surface area is 101 Å². The van der Waals surface area contributed by atoms with Gasteiger partial charge in [0.1, 0.15) is 5.38 Å². The van der Waals surface area contributed by atoms with Crippen molar-refractivity contribution in [2.45, 2.75) is 45.0 Å². The summed E-state index contributed by atoms with van der Waals surface area (Å²) in [4.78, 5) is 2.21. The molecular formula is C11H18ClN3O. The maximum atomic E-state index is 5.91. The van der Waals surface area contributed by atoms with Gasteiger partial charge in [-0.1, -0.05) is 18.9 Å². The van der Waals surface area contributed by atoms with Crippen LogP contribution < -0.4 is 4.90 Å². The van der Waals surface area contributed by atoms with Gasteiger partial charge in [0.25, 0.3) is 0 Å². The summed E-state index contributed by atoms with van der Waals surface area (Å²) in [5.41, 5.74) is 0. The van der Waals surface area contributed by atoms with Gasteiger partial charge in [-0.25, -0.2) is 0 Å². The maximum absolute atomic E-state index is 5.91. The Morgan fingerprint density at radius 2 is 2.06 bits per heavy atom. The summed E-state index contributed by atoms with van der Waals surface area (Å²) >= 11 is 5.91. The Kier molecular flexibility index (Phi) is 3.38. The lowest BCUT2D eigenvalue weighted by molar-refractivity contribution is 0.468. The Morgan fingerprint density at radius 1 is 1.38 bits per heavy atom. The molecular weight excluding hydrogens is 226 g/mol. The Bertz CT molecular complexity index is 347. The largest absolute Gasteiger partial charge is 0.406 e. The second-order valence-electron chi connectivity index (χ2n) is 4.82. The van der Waals surface area contributed by atoms with E-state index < -0.39 is 0 Å². The molecule has 1 atom stereocenters. The summed E-state index contributed by atoms with van der Waals surface area (Å²) in [6.45, 7) is 7.18. The van der Waals surface area contributed by atoms with Crippen LogP contribution in [0.3, 0.4) is 0 Å². The highest BCUT2D eigenvalue weighted by atomic mass is 35.5. The van der Waals surface area contributed by atoms with Gasteiger partial charge in [-0.05, 0) is 25.7 Å². The molecule has 0 aromatic carbocycles. The van der Waals surface area contributed by atoms with Crippen molar-refractivity contribution in [3.63, 3.8) is 0 Å². The van der Waals surface area contributed by atoms with Crippen molar-refractivity contribution in [1.29, 1.82) is 0 Å². The smallest absolute Gasteiger partial charge is 0.318 e. The number of rotatable bonds is 5. The summed E-state index contributed by atoms with van der Waals surface area (Å²) in [5, 5.41) is 7.82. The van der Waals surface area contributed by atoms with E-state index in [0.29, 0.717) is 23.9 Å². The van der Waals surface area contributed by atoms with Crippen LogP contribution in [0.2, 0.25) is 0 Å². The zero-order valence-electron chi connectivity index (χ0n) is 9.98. The van der Waals surface area contributed by atoms with Crippen LogP contribution in [0, 0.1) is 5.92 Å². The first-order valence-corrected chi connectivity index (χ1v) is 6.25. The molecule has 16 heavy (non-hydrogen) atoms. The van der Waals surface area contributed by atoms with Gasteiger partial charge in [-0.15, -0.1) is 16.7 Å². The van der Waals surface area contributed by atoms with E-state index in [-0.39, 0.29) is 5.38 Å². The predicted molar refractivity (Wildman–Crippen MR) is 63.8 cm³/mol. The van der Waals surface area contributed by atoms with Crippen molar-refractivity contribution in [3.05, 3.63) is 5.89 Å². The summed E-state index contributed by atoms with van der Waals surface area (Å²) in [7, 11) is 0. The Hall–Kier alpha value is -0.770. The number of hydrogen-bond acceptors (Lipinski definition) is 4. The number of halogens is 1. The van der Waals surface area contributed by atoms with Crippen LogP contribution in [-0.4, -0.2) is 22.8 Å². The monoisotopic (exact) mass is 243 g/mol. The second kappa shape index (κ2) is 4.62. The summed E-state index contributed by atoms with van der Waals surface area (Å²) < 4.78 is 5.58. The first kappa shape index (κ1) is 11.7. The predicted octanol–water partition coefficient (Wildman–Crippen LogP) is 2.99. The second-order valence-corrected chi connectivity index (χ2v) is 5.47. The maximum Gasteiger partial charge on any atom is 0.318 e. The standard InChI is InChI=1S/C11H18ClN3O/c1-7(2)6-15(9-4-5-9)11-14-13-10(16-11)8(3)12/h7-9H,4-6H2,1-3H3. The third kappa shape index (κ3) is 2.67. The zero-order valence-corrected chi connectivity index (χ0v) is 10.7. The molecule has 0 spiro atoms. The lowest BCUT2D eigenvalue weighted by Gasteiger charge is -2.21. The van der Waals surface area contributed by atoms with Gasteiger partial charge in [0.2, 0.25) is 5.89 Å². The third-order valence-electron chi connectivity index (χ3n) is 2.57. The van der Waals surface area contributed by atoms with Gasteiger partial charge in [0.15, 0.2) is 0 Å². The molecule has 5 heteroatoms. The number of aromatic nitrogens is 2. The van der Waals surface area contributed by atoms with Gasteiger partial charge in [-0.3, -0.25) is 0 Å². The van der Waals surface area contributed by atoms with Gasteiger partial charge >= 0.3 is 6.01 Å². The van der Waals surface area contributed by atoms with Crippen LogP contribution in [-0.2, 0) is 0 Å². The van der Waals surface area contributed by atoms with E-state index in [9.17, 15) is 0 Å². The highest BCUT2D eigenvalue weighted by molar-refractivity contribution is 6.20. The van der Waals surface area contributed by atoms with Crippen LogP contribution >= 0.6 is 11.6 Å². The average Bonchev–Trinajstić information content (AvgIpc) is 2.91. The van der Waals surface area contributed by atoms with E-state index in [1.807, 2.05) is 6.92 Å². The molecule has 90 valence electrons. The lowest BCUT2D eigenvalue weighted by atomic mass is 10.2. The van der Waals surface area contributed by atoms with Crippen molar-refractivity contribution in [3.8, 4) is 0 Å². The quantitative estimate of drug-likeness (QED) is 0.746. The first-order valence-electron chi connectivity index (χ1n) is 5.82. The average molecular weight is 244 g/mol. The highest BCUT2D eigenvalue weighted by Gasteiger charge is 2.32. The molecule has 1 aliphatic carbocycles. The van der Waals surface area contributed by atoms with E-state index >= 15 is 0 Å². The molecule has 0 bridgehead atoms. The molecule has 1 aromatic rings. The minimum Gasteiger partial charge on any atom is -0.406 e. The van der Waals surface area contributed by atoms with Crippen molar-refractivity contribution in [2.24, 2.45) is 5.92 Å². The zero-order chi connectivity index (χ0) is 11.7. The number of nitrogens with zero attached hydrogens (tertiary/aromatic N) is 3. The number of alkyl halides is 1. The molecule has 1 unspecified atom stereocenters. The summed E-state index contributed by atoms with van der Waals surface area (Å²) in [6.07, 6.45) is 2.45. The fourth-order valence-electron chi connectivity index (χ4n) is 1.67. The van der Waals surface area contributed by atoms with E-state index in [1.165, 1.54) is 12.8 Å². The Balaban J connectivity index is 2.11. The third-order valence-corrected chi connectivity index (χ3v) is 2.75. The van der Waals surface area contributed by atoms with Gasteiger partial charge in [0, 0.05) is 12.6 Å². The molecule has 1 saturated carbocycles. The van der Waals surface area contributed by atoms with Gasteiger partial charge in [-0.2, -0.15) is 0 Å². The molecule has 1 heterocycles. The van der Waals surface area contributed by atoms with Gasteiger partial charge < -0.3 is 9.32 Å². The lowest BCUT2D eigenvalue weighted by Crippen LogP contribution is -2.30. The number of hydrogen-bond donors (Lipinski definition) is 0. The molecule has 0 N–H and O–H groups in total. The summed E-state index contributed by atoms with van der Waals surface area (Å²) in [5.74, 6) is 1.09. The van der Waals surface area contributed by atoms with Crippen molar-refractivity contribution in [2.75, 3.05) is 11.4 Å². The molecule has 2 rings (SSSR count). The van der Waals surface area contributed by atoms with Crippen LogP contribution in [0.25, 0.3) is 0 Å². The molecule has 0 aliphatic heterocycles. The summed E-state index contributed by atoms with van der Waals surface area (Å²) in [6, 6.07) is 1.21. The van der Waals surface area contributed by atoms with Crippen molar-refractivity contribution in [1.82, 2.24) is 10.2 Å². The van der Waals surface area contributed by atoms with Crippen LogP contribution in [0.15, 0.2) is 4.42 Å². The Morgan fingerprint density at radius 3 is 2.50 bits per heavy atom. The minimum absolute atomic E-state index is 0.221.